The summed E-state index contributed by atoms with van der Waals surface area (Å²) in [7, 11) is 0. The zero-order valence-electron chi connectivity index (χ0n) is 9.54. The molecule has 94 valence electrons. The highest BCUT2D eigenvalue weighted by molar-refractivity contribution is 14.1. The summed E-state index contributed by atoms with van der Waals surface area (Å²) in [6.45, 7) is 0. The van der Waals surface area contributed by atoms with Gasteiger partial charge in [-0.1, -0.05) is 24.3 Å². The molecule has 0 aliphatic heterocycles. The lowest BCUT2D eigenvalue weighted by atomic mass is 10.1. The zero-order valence-corrected chi connectivity index (χ0v) is 12.5. The summed E-state index contributed by atoms with van der Waals surface area (Å²) in [6.07, 6.45) is 1.99. The quantitative estimate of drug-likeness (QED) is 0.661. The number of anilines is 1. The van der Waals surface area contributed by atoms with Gasteiger partial charge in [-0.3, -0.25) is 8.86 Å². The Hall–Kier alpha value is -0.660. The van der Waals surface area contributed by atoms with Gasteiger partial charge in [0.05, 0.1) is 5.69 Å². The van der Waals surface area contributed by atoms with Gasteiger partial charge in [0.2, 0.25) is 0 Å². The van der Waals surface area contributed by atoms with Crippen LogP contribution in [0, 0.1) is 3.57 Å². The lowest BCUT2D eigenvalue weighted by Crippen LogP contribution is -2.27. The van der Waals surface area contributed by atoms with Gasteiger partial charge in [0, 0.05) is 15.0 Å². The molecule has 0 spiro atoms. The smallest absolute Gasteiger partial charge is 0.262 e. The molecular weight excluding hydrogens is 361 g/mol. The molecule has 0 aromatic heterocycles. The van der Waals surface area contributed by atoms with Gasteiger partial charge in [0.25, 0.3) is 11.3 Å². The molecule has 0 radical (unpaired) electrons. The van der Waals surface area contributed by atoms with Crippen LogP contribution >= 0.6 is 22.6 Å². The lowest BCUT2D eigenvalue weighted by molar-refractivity contribution is 0.558. The highest BCUT2D eigenvalue weighted by Gasteiger charge is 2.33. The predicted molar refractivity (Wildman–Crippen MR) is 82.9 cm³/mol. The van der Waals surface area contributed by atoms with Gasteiger partial charge >= 0.3 is 0 Å². The third-order valence-corrected chi connectivity index (χ3v) is 4.90. The average molecular weight is 373 g/mol. The summed E-state index contributed by atoms with van der Waals surface area (Å²) >= 11 is 0.338. The highest BCUT2D eigenvalue weighted by Crippen LogP contribution is 2.37. The molecule has 0 heterocycles. The normalized spacial score (nSPS) is 16.8. The number of rotatable bonds is 3. The lowest BCUT2D eigenvalue weighted by Gasteiger charge is -2.21. The molecule has 0 bridgehead atoms. The number of nitrogens with zero attached hydrogens (tertiary/aromatic N) is 1. The van der Waals surface area contributed by atoms with Gasteiger partial charge in [0.1, 0.15) is 0 Å². The van der Waals surface area contributed by atoms with Crippen LogP contribution in [-0.2, 0) is 11.3 Å². The van der Waals surface area contributed by atoms with Crippen molar-refractivity contribution in [3.05, 3.63) is 40.0 Å². The molecule has 1 unspecified atom stereocenters. The number of benzene rings is 2. The molecule has 2 aromatic carbocycles. The minimum atomic E-state index is -1.95. The Morgan fingerprint density at radius 3 is 2.50 bits per heavy atom. The zero-order chi connectivity index (χ0) is 12.7. The molecule has 2 aromatic rings. The van der Waals surface area contributed by atoms with Crippen LogP contribution in [0.1, 0.15) is 12.8 Å². The molecular formula is C13H12INO2S. The SMILES string of the molecule is O=S(O)N(c1cccc2c(I)cccc12)C1CC1. The van der Waals surface area contributed by atoms with Crippen molar-refractivity contribution in [3.8, 4) is 0 Å². The average Bonchev–Trinajstić information content (AvgIpc) is 3.15. The van der Waals surface area contributed by atoms with Crippen molar-refractivity contribution in [1.29, 1.82) is 0 Å². The van der Waals surface area contributed by atoms with Crippen LogP contribution in [-0.4, -0.2) is 14.8 Å². The molecule has 1 saturated carbocycles. The van der Waals surface area contributed by atoms with Gasteiger partial charge in [-0.25, -0.2) is 4.21 Å². The second-order valence-corrected chi connectivity index (χ2v) is 6.42. The van der Waals surface area contributed by atoms with E-state index in [9.17, 15) is 8.76 Å². The van der Waals surface area contributed by atoms with Crippen LogP contribution in [0.2, 0.25) is 0 Å². The maximum Gasteiger partial charge on any atom is 0.262 e. The minimum Gasteiger partial charge on any atom is -0.289 e. The van der Waals surface area contributed by atoms with Crippen molar-refractivity contribution >= 4 is 50.3 Å². The highest BCUT2D eigenvalue weighted by atomic mass is 127. The van der Waals surface area contributed by atoms with Gasteiger partial charge in [-0.2, -0.15) is 0 Å². The molecule has 3 nitrogen and oxygen atoms in total. The molecule has 1 atom stereocenters. The third-order valence-electron chi connectivity index (χ3n) is 3.13. The Morgan fingerprint density at radius 2 is 1.83 bits per heavy atom. The first-order valence-corrected chi connectivity index (χ1v) is 7.90. The monoisotopic (exact) mass is 373 g/mol. The second-order valence-electron chi connectivity index (χ2n) is 4.40. The van der Waals surface area contributed by atoms with E-state index in [1.807, 2.05) is 36.4 Å². The number of hydrogen-bond donors (Lipinski definition) is 1. The first-order chi connectivity index (χ1) is 8.68. The summed E-state index contributed by atoms with van der Waals surface area (Å²) in [5.74, 6) is 0. The Bertz CT molecular complexity index is 627. The second kappa shape index (κ2) is 4.79. The van der Waals surface area contributed by atoms with Crippen molar-refractivity contribution in [2.24, 2.45) is 0 Å². The van der Waals surface area contributed by atoms with Crippen molar-refractivity contribution in [2.45, 2.75) is 18.9 Å². The van der Waals surface area contributed by atoms with E-state index >= 15 is 0 Å². The molecule has 1 fully saturated rings. The van der Waals surface area contributed by atoms with Gasteiger partial charge in [-0.15, -0.1) is 0 Å². The molecule has 3 rings (SSSR count). The summed E-state index contributed by atoms with van der Waals surface area (Å²) in [6, 6.07) is 12.2. The fraction of sp³-hybridized carbons (Fsp3) is 0.231. The van der Waals surface area contributed by atoms with E-state index in [0.717, 1.165) is 32.9 Å². The molecule has 0 amide bonds. The van der Waals surface area contributed by atoms with Crippen LogP contribution in [0.3, 0.4) is 0 Å². The molecule has 1 aliphatic rings. The summed E-state index contributed by atoms with van der Waals surface area (Å²) in [5.41, 5.74) is 0.856. The minimum absolute atomic E-state index is 0.208. The van der Waals surface area contributed by atoms with Gasteiger partial charge in [-0.05, 0) is 53.0 Å². The van der Waals surface area contributed by atoms with E-state index in [4.69, 9.17) is 0 Å². The van der Waals surface area contributed by atoms with E-state index in [1.54, 1.807) is 4.31 Å². The van der Waals surface area contributed by atoms with Crippen molar-refractivity contribution in [2.75, 3.05) is 4.31 Å². The Kier molecular flexibility index (Phi) is 3.29. The first-order valence-electron chi connectivity index (χ1n) is 5.76. The van der Waals surface area contributed by atoms with Gasteiger partial charge in [0.15, 0.2) is 0 Å². The van der Waals surface area contributed by atoms with Crippen LogP contribution in [0.15, 0.2) is 36.4 Å². The van der Waals surface area contributed by atoms with Crippen LogP contribution in [0.5, 0.6) is 0 Å². The van der Waals surface area contributed by atoms with E-state index in [-0.39, 0.29) is 6.04 Å². The van der Waals surface area contributed by atoms with Crippen LogP contribution < -0.4 is 4.31 Å². The maximum absolute atomic E-state index is 11.5. The topological polar surface area (TPSA) is 40.5 Å². The maximum atomic E-state index is 11.5. The van der Waals surface area contributed by atoms with Crippen LogP contribution in [0.4, 0.5) is 5.69 Å². The molecule has 1 N–H and O–H groups in total. The molecule has 0 saturated heterocycles. The first kappa shape index (κ1) is 12.4. The third kappa shape index (κ3) is 2.15. The standard InChI is InChI=1S/C13H12INO2S/c14-12-5-1-4-11-10(12)3-2-6-13(11)15(18(16)17)9-7-8-9/h1-6,9H,7-8H2,(H,16,17). The fourth-order valence-electron chi connectivity index (χ4n) is 2.16. The molecule has 1 aliphatic carbocycles. The number of halogens is 1. The number of hydrogen-bond acceptors (Lipinski definition) is 1. The Labute approximate surface area is 122 Å². The Morgan fingerprint density at radius 1 is 1.17 bits per heavy atom. The Balaban J connectivity index is 2.22. The van der Waals surface area contributed by atoms with Crippen molar-refractivity contribution < 1.29 is 8.76 Å². The van der Waals surface area contributed by atoms with E-state index in [1.165, 1.54) is 0 Å². The van der Waals surface area contributed by atoms with Crippen molar-refractivity contribution in [1.82, 2.24) is 0 Å². The van der Waals surface area contributed by atoms with Gasteiger partial charge < -0.3 is 0 Å². The number of fused-ring (bicyclic) bond motifs is 1. The van der Waals surface area contributed by atoms with E-state index in [2.05, 4.69) is 22.6 Å². The molecule has 18 heavy (non-hydrogen) atoms. The largest absolute Gasteiger partial charge is 0.289 e. The van der Waals surface area contributed by atoms with Crippen molar-refractivity contribution in [3.63, 3.8) is 0 Å². The summed E-state index contributed by atoms with van der Waals surface area (Å²) in [5, 5.41) is 2.17. The predicted octanol–water partition coefficient (Wildman–Crippen LogP) is 3.55. The van der Waals surface area contributed by atoms with E-state index < -0.39 is 11.3 Å². The summed E-state index contributed by atoms with van der Waals surface area (Å²) in [4.78, 5) is 0. The molecule has 5 heteroatoms. The fourth-order valence-corrected chi connectivity index (χ4v) is 3.64. The van der Waals surface area contributed by atoms with E-state index in [0.29, 0.717) is 0 Å². The van der Waals surface area contributed by atoms with Crippen LogP contribution in [0.25, 0.3) is 10.8 Å². The summed E-state index contributed by atoms with van der Waals surface area (Å²) < 4.78 is 23.8.